The van der Waals surface area contributed by atoms with Crippen LogP contribution < -0.4 is 5.32 Å². The highest BCUT2D eigenvalue weighted by Crippen LogP contribution is 2.29. The van der Waals surface area contributed by atoms with E-state index in [1.807, 2.05) is 26.0 Å². The molecule has 1 N–H and O–H groups in total. The molecular weight excluding hydrogens is 384 g/mol. The minimum atomic E-state index is -0.502. The highest BCUT2D eigenvalue weighted by Gasteiger charge is 2.16. The predicted octanol–water partition coefficient (Wildman–Crippen LogP) is 4.83. The highest BCUT2D eigenvalue weighted by atomic mass is 32.2. The van der Waals surface area contributed by atoms with Gasteiger partial charge in [-0.1, -0.05) is 19.1 Å². The van der Waals surface area contributed by atoms with Gasteiger partial charge in [0.1, 0.15) is 11.6 Å². The van der Waals surface area contributed by atoms with Gasteiger partial charge < -0.3 is 14.8 Å². The number of carbonyl (C=O) groups is 2. The minimum absolute atomic E-state index is 0.0143. The first-order chi connectivity index (χ1) is 13.8. The summed E-state index contributed by atoms with van der Waals surface area (Å²) in [5.74, 6) is -0.502. The highest BCUT2D eigenvalue weighted by molar-refractivity contribution is 8.13. The second kappa shape index (κ2) is 9.99. The van der Waals surface area contributed by atoms with Crippen molar-refractivity contribution in [3.63, 3.8) is 0 Å². The monoisotopic (exact) mass is 410 g/mol. The number of carbonyl (C=O) groups excluding carboxylic acids is 2. The van der Waals surface area contributed by atoms with E-state index in [0.29, 0.717) is 10.6 Å². The van der Waals surface area contributed by atoms with Crippen molar-refractivity contribution < 1.29 is 9.59 Å². The molecular formula is C22H26N4O2S. The van der Waals surface area contributed by atoms with E-state index in [1.54, 1.807) is 44.4 Å². The summed E-state index contributed by atoms with van der Waals surface area (Å²) in [4.78, 5) is 26.8. The Kier molecular flexibility index (Phi) is 7.68. The molecule has 0 aliphatic rings. The molecule has 0 saturated carbocycles. The van der Waals surface area contributed by atoms with Crippen LogP contribution in [0.15, 0.2) is 40.8 Å². The van der Waals surface area contributed by atoms with E-state index in [1.165, 1.54) is 4.90 Å². The van der Waals surface area contributed by atoms with E-state index in [9.17, 15) is 14.9 Å². The number of hydrogen-bond donors (Lipinski definition) is 1. The Bertz CT molecular complexity index is 983. The summed E-state index contributed by atoms with van der Waals surface area (Å²) < 4.78 is 2.18. The number of amides is 2. The molecule has 1 heterocycles. The molecule has 1 aromatic heterocycles. The normalized spacial score (nSPS) is 11.1. The van der Waals surface area contributed by atoms with E-state index in [0.717, 1.165) is 41.7 Å². The molecule has 2 aromatic rings. The van der Waals surface area contributed by atoms with E-state index in [2.05, 4.69) is 16.8 Å². The first kappa shape index (κ1) is 22.3. The second-order valence-corrected chi connectivity index (χ2v) is 7.85. The maximum atomic E-state index is 12.7. The lowest BCUT2D eigenvalue weighted by atomic mass is 10.1. The Morgan fingerprint density at radius 3 is 2.59 bits per heavy atom. The standard InChI is InChI=1S/C22H26N4O2S/c1-6-11-26-15(2)12-17(16(26)3)13-18(14-23)21(27)24-19-9-7-8-10-20(19)29-22(28)25(4)5/h7-10,12-13H,6,11H2,1-5H3,(H,24,27)/b18-13-. The lowest BCUT2D eigenvalue weighted by molar-refractivity contribution is -0.112. The Balaban J connectivity index is 2.28. The van der Waals surface area contributed by atoms with Crippen LogP contribution in [-0.2, 0) is 11.3 Å². The zero-order valence-electron chi connectivity index (χ0n) is 17.4. The Morgan fingerprint density at radius 2 is 1.97 bits per heavy atom. The van der Waals surface area contributed by atoms with Crippen molar-refractivity contribution in [2.45, 2.75) is 38.6 Å². The largest absolute Gasteiger partial charge is 0.349 e. The number of hydrogen-bond acceptors (Lipinski definition) is 4. The molecule has 152 valence electrons. The number of para-hydroxylation sites is 1. The first-order valence-corrected chi connectivity index (χ1v) is 10.2. The summed E-state index contributed by atoms with van der Waals surface area (Å²) in [6.07, 6.45) is 2.62. The number of rotatable bonds is 6. The summed E-state index contributed by atoms with van der Waals surface area (Å²) >= 11 is 1.02. The molecule has 7 heteroatoms. The maximum absolute atomic E-state index is 12.7. The molecule has 0 saturated heterocycles. The Hall–Kier alpha value is -2.98. The Labute approximate surface area is 176 Å². The first-order valence-electron chi connectivity index (χ1n) is 9.36. The summed E-state index contributed by atoms with van der Waals surface area (Å²) in [6.45, 7) is 7.00. The molecule has 0 aliphatic heterocycles. The zero-order valence-corrected chi connectivity index (χ0v) is 18.3. The van der Waals surface area contributed by atoms with E-state index in [4.69, 9.17) is 0 Å². The molecule has 0 atom stereocenters. The minimum Gasteiger partial charge on any atom is -0.349 e. The zero-order chi connectivity index (χ0) is 21.6. The number of aromatic nitrogens is 1. The van der Waals surface area contributed by atoms with Crippen molar-refractivity contribution in [1.82, 2.24) is 9.47 Å². The summed E-state index contributed by atoms with van der Waals surface area (Å²) in [6, 6.07) is 11.0. The van der Waals surface area contributed by atoms with Gasteiger partial charge >= 0.3 is 0 Å². The van der Waals surface area contributed by atoms with Crippen LogP contribution in [0.5, 0.6) is 0 Å². The van der Waals surface area contributed by atoms with Crippen LogP contribution >= 0.6 is 11.8 Å². The van der Waals surface area contributed by atoms with Gasteiger partial charge in [0.25, 0.3) is 11.1 Å². The average Bonchev–Trinajstić information content (AvgIpc) is 2.95. The maximum Gasteiger partial charge on any atom is 0.286 e. The molecule has 0 unspecified atom stereocenters. The molecule has 2 amide bonds. The predicted molar refractivity (Wildman–Crippen MR) is 118 cm³/mol. The average molecular weight is 411 g/mol. The van der Waals surface area contributed by atoms with E-state index < -0.39 is 5.91 Å². The number of benzene rings is 1. The van der Waals surface area contributed by atoms with Gasteiger partial charge in [0.2, 0.25) is 0 Å². The second-order valence-electron chi connectivity index (χ2n) is 6.86. The fraction of sp³-hybridized carbons (Fsp3) is 0.318. The van der Waals surface area contributed by atoms with Crippen molar-refractivity contribution in [3.05, 3.63) is 52.9 Å². The fourth-order valence-corrected chi connectivity index (χ4v) is 3.63. The number of nitriles is 1. The fourth-order valence-electron chi connectivity index (χ4n) is 2.88. The van der Waals surface area contributed by atoms with Crippen LogP contribution in [0.4, 0.5) is 10.5 Å². The van der Waals surface area contributed by atoms with Crippen LogP contribution in [0, 0.1) is 25.2 Å². The van der Waals surface area contributed by atoms with Gasteiger partial charge in [-0.05, 0) is 61.9 Å². The topological polar surface area (TPSA) is 78.1 Å². The van der Waals surface area contributed by atoms with Gasteiger partial charge in [-0.15, -0.1) is 0 Å². The van der Waals surface area contributed by atoms with Crippen LogP contribution in [0.25, 0.3) is 6.08 Å². The van der Waals surface area contributed by atoms with Gasteiger partial charge in [-0.3, -0.25) is 9.59 Å². The van der Waals surface area contributed by atoms with Gasteiger partial charge in [-0.25, -0.2) is 0 Å². The molecule has 1 aromatic carbocycles. The van der Waals surface area contributed by atoms with Crippen molar-refractivity contribution >= 4 is 34.7 Å². The van der Waals surface area contributed by atoms with Gasteiger partial charge in [-0.2, -0.15) is 5.26 Å². The molecule has 2 rings (SSSR count). The van der Waals surface area contributed by atoms with Gasteiger partial charge in [0.15, 0.2) is 0 Å². The number of nitrogens with zero attached hydrogens (tertiary/aromatic N) is 3. The van der Waals surface area contributed by atoms with E-state index >= 15 is 0 Å². The lowest BCUT2D eigenvalue weighted by Crippen LogP contribution is -2.17. The van der Waals surface area contributed by atoms with Gasteiger partial charge in [0, 0.05) is 36.9 Å². The molecule has 6 nitrogen and oxygen atoms in total. The Morgan fingerprint density at radius 1 is 1.28 bits per heavy atom. The summed E-state index contributed by atoms with van der Waals surface area (Å²) in [5, 5.41) is 12.2. The molecule has 0 spiro atoms. The number of anilines is 1. The van der Waals surface area contributed by atoms with Crippen LogP contribution in [0.2, 0.25) is 0 Å². The lowest BCUT2D eigenvalue weighted by Gasteiger charge is -2.13. The third-order valence-electron chi connectivity index (χ3n) is 4.42. The molecule has 0 radical (unpaired) electrons. The molecule has 0 aliphatic carbocycles. The van der Waals surface area contributed by atoms with Crippen molar-refractivity contribution in [3.8, 4) is 6.07 Å². The third kappa shape index (κ3) is 5.52. The summed E-state index contributed by atoms with van der Waals surface area (Å²) in [7, 11) is 3.34. The SMILES string of the molecule is CCCn1c(C)cc(/C=C(/C#N)C(=O)Nc2ccccc2SC(=O)N(C)C)c1C. The van der Waals surface area contributed by atoms with Crippen LogP contribution in [0.3, 0.4) is 0 Å². The van der Waals surface area contributed by atoms with Crippen LogP contribution in [-0.4, -0.2) is 34.7 Å². The molecule has 29 heavy (non-hydrogen) atoms. The molecule has 0 fully saturated rings. The number of nitrogens with one attached hydrogen (secondary N) is 1. The third-order valence-corrected chi connectivity index (χ3v) is 5.54. The van der Waals surface area contributed by atoms with Crippen molar-refractivity contribution in [1.29, 1.82) is 5.26 Å². The van der Waals surface area contributed by atoms with Crippen LogP contribution in [0.1, 0.15) is 30.3 Å². The number of aryl methyl sites for hydroxylation is 1. The van der Waals surface area contributed by atoms with Crippen molar-refractivity contribution in [2.75, 3.05) is 19.4 Å². The van der Waals surface area contributed by atoms with E-state index in [-0.39, 0.29) is 10.8 Å². The smallest absolute Gasteiger partial charge is 0.286 e. The summed E-state index contributed by atoms with van der Waals surface area (Å²) in [5.41, 5.74) is 3.48. The number of thioether (sulfide) groups is 1. The molecule has 0 bridgehead atoms. The quantitative estimate of drug-likeness (QED) is 0.420. The van der Waals surface area contributed by atoms with Crippen molar-refractivity contribution in [2.24, 2.45) is 0 Å². The van der Waals surface area contributed by atoms with Gasteiger partial charge in [0.05, 0.1) is 5.69 Å².